The highest BCUT2D eigenvalue weighted by Gasteiger charge is 2.35. The summed E-state index contributed by atoms with van der Waals surface area (Å²) in [6.07, 6.45) is 0.450. The molecule has 0 aliphatic carbocycles. The van der Waals surface area contributed by atoms with Crippen molar-refractivity contribution in [3.05, 3.63) is 53.6 Å². The fourth-order valence-corrected chi connectivity index (χ4v) is 4.65. The Bertz CT molecular complexity index is 1110. The number of hydrogen-bond donors (Lipinski definition) is 4. The number of carboxylic acids is 1. The maximum absolute atomic E-state index is 13.2. The van der Waals surface area contributed by atoms with Gasteiger partial charge in [0.15, 0.2) is 0 Å². The van der Waals surface area contributed by atoms with E-state index in [4.69, 9.17) is 10.5 Å². The van der Waals surface area contributed by atoms with Crippen molar-refractivity contribution in [2.45, 2.75) is 29.5 Å². The van der Waals surface area contributed by atoms with E-state index in [2.05, 4.69) is 10.6 Å². The van der Waals surface area contributed by atoms with E-state index in [1.165, 1.54) is 31.0 Å². The maximum Gasteiger partial charge on any atom is 0.337 e. The van der Waals surface area contributed by atoms with Gasteiger partial charge in [-0.25, -0.2) is 9.59 Å². The number of methoxy groups -OCH3 is 1. The van der Waals surface area contributed by atoms with Crippen molar-refractivity contribution < 1.29 is 29.0 Å². The predicted molar refractivity (Wildman–Crippen MR) is 127 cm³/mol. The van der Waals surface area contributed by atoms with Gasteiger partial charge in [-0.15, -0.1) is 11.8 Å². The highest BCUT2D eigenvalue weighted by atomic mass is 32.2. The molecule has 4 amide bonds. The van der Waals surface area contributed by atoms with Crippen molar-refractivity contribution in [1.29, 1.82) is 0 Å². The number of carbonyl (C=O) groups excluding carboxylic acids is 3. The molecular weight excluding hydrogens is 460 g/mol. The smallest absolute Gasteiger partial charge is 0.337 e. The van der Waals surface area contributed by atoms with Crippen LogP contribution in [0.5, 0.6) is 5.75 Å². The molecule has 2 atom stereocenters. The molecule has 2 aromatic carbocycles. The van der Waals surface area contributed by atoms with Gasteiger partial charge in [0.1, 0.15) is 17.5 Å². The Hall–Kier alpha value is -3.73. The van der Waals surface area contributed by atoms with Crippen LogP contribution in [0.4, 0.5) is 10.5 Å². The molecule has 0 saturated carbocycles. The summed E-state index contributed by atoms with van der Waals surface area (Å²) < 4.78 is 5.34. The second kappa shape index (κ2) is 10.9. The van der Waals surface area contributed by atoms with Crippen LogP contribution in [0.2, 0.25) is 0 Å². The molecule has 180 valence electrons. The molecule has 5 N–H and O–H groups in total. The summed E-state index contributed by atoms with van der Waals surface area (Å²) in [5.74, 6) is -1.53. The van der Waals surface area contributed by atoms with E-state index in [1.54, 1.807) is 24.3 Å². The number of aromatic carboxylic acids is 1. The maximum atomic E-state index is 13.2. The molecule has 34 heavy (non-hydrogen) atoms. The van der Waals surface area contributed by atoms with Crippen LogP contribution >= 0.6 is 11.8 Å². The van der Waals surface area contributed by atoms with Gasteiger partial charge in [-0.05, 0) is 36.2 Å². The fraction of sp³-hybridized carbons (Fsp3) is 0.304. The van der Waals surface area contributed by atoms with Crippen LogP contribution in [-0.2, 0) is 9.59 Å². The number of thioether (sulfide) groups is 1. The normalized spacial score (nSPS) is 16.9. The largest absolute Gasteiger partial charge is 0.496 e. The minimum atomic E-state index is -1.15. The third kappa shape index (κ3) is 5.60. The lowest BCUT2D eigenvalue weighted by Crippen LogP contribution is -2.49. The predicted octanol–water partition coefficient (Wildman–Crippen LogP) is 2.26. The van der Waals surface area contributed by atoms with Gasteiger partial charge in [-0.1, -0.05) is 25.1 Å². The second-order valence-corrected chi connectivity index (χ2v) is 8.79. The van der Waals surface area contributed by atoms with E-state index in [0.717, 1.165) is 4.90 Å². The Morgan fingerprint density at radius 2 is 2.03 bits per heavy atom. The quantitative estimate of drug-likeness (QED) is 0.435. The summed E-state index contributed by atoms with van der Waals surface area (Å²) >= 11 is 1.20. The summed E-state index contributed by atoms with van der Waals surface area (Å²) in [6.45, 7) is 1.47. The molecule has 11 heteroatoms. The van der Waals surface area contributed by atoms with Crippen molar-refractivity contribution >= 4 is 41.3 Å². The number of hydrogen-bond acceptors (Lipinski definition) is 7. The lowest BCUT2D eigenvalue weighted by molar-refractivity contribution is -0.130. The van der Waals surface area contributed by atoms with Gasteiger partial charge < -0.3 is 26.2 Å². The van der Waals surface area contributed by atoms with E-state index in [1.807, 2.05) is 13.0 Å². The molecule has 1 fully saturated rings. The van der Waals surface area contributed by atoms with Crippen molar-refractivity contribution in [2.24, 2.45) is 0 Å². The number of carbonyl (C=O) groups is 4. The van der Waals surface area contributed by atoms with Gasteiger partial charge >= 0.3 is 12.0 Å². The van der Waals surface area contributed by atoms with Gasteiger partial charge in [0.25, 0.3) is 0 Å². The minimum absolute atomic E-state index is 0.0412. The highest BCUT2D eigenvalue weighted by molar-refractivity contribution is 8.00. The summed E-state index contributed by atoms with van der Waals surface area (Å²) in [6, 6.07) is 10.3. The first-order chi connectivity index (χ1) is 16.2. The number of nitrogen functional groups attached to an aromatic ring is 1. The van der Waals surface area contributed by atoms with Crippen LogP contribution in [-0.4, -0.2) is 59.3 Å². The van der Waals surface area contributed by atoms with E-state index in [-0.39, 0.29) is 17.8 Å². The average molecular weight is 487 g/mol. The van der Waals surface area contributed by atoms with Crippen LogP contribution < -0.4 is 21.1 Å². The molecule has 0 aromatic heterocycles. The van der Waals surface area contributed by atoms with Crippen molar-refractivity contribution in [1.82, 2.24) is 15.5 Å². The molecule has 0 bridgehead atoms. The highest BCUT2D eigenvalue weighted by Crippen LogP contribution is 2.33. The zero-order valence-corrected chi connectivity index (χ0v) is 19.6. The van der Waals surface area contributed by atoms with Gasteiger partial charge in [0, 0.05) is 12.2 Å². The molecule has 1 saturated heterocycles. The Morgan fingerprint density at radius 1 is 1.29 bits per heavy atom. The number of para-hydroxylation sites is 1. The third-order valence-electron chi connectivity index (χ3n) is 5.33. The number of imide groups is 1. The van der Waals surface area contributed by atoms with Gasteiger partial charge in [0.2, 0.25) is 11.8 Å². The number of rotatable bonds is 7. The summed E-state index contributed by atoms with van der Waals surface area (Å²) in [7, 11) is 1.52. The number of nitrogens with zero attached hydrogens (tertiary/aromatic N) is 1. The Kier molecular flexibility index (Phi) is 8.00. The van der Waals surface area contributed by atoms with E-state index in [9.17, 15) is 24.3 Å². The first-order valence-corrected chi connectivity index (χ1v) is 11.4. The van der Waals surface area contributed by atoms with E-state index >= 15 is 0 Å². The second-order valence-electron chi connectivity index (χ2n) is 7.55. The number of amides is 4. The molecule has 2 aromatic rings. The zero-order valence-electron chi connectivity index (χ0n) is 18.7. The van der Waals surface area contributed by atoms with E-state index < -0.39 is 41.7 Å². The summed E-state index contributed by atoms with van der Waals surface area (Å²) in [5.41, 5.74) is 6.45. The van der Waals surface area contributed by atoms with Gasteiger partial charge in [-0.2, -0.15) is 0 Å². The van der Waals surface area contributed by atoms with Crippen LogP contribution in [0, 0.1) is 0 Å². The number of benzene rings is 2. The Labute approximate surface area is 200 Å². The molecule has 1 unspecified atom stereocenters. The van der Waals surface area contributed by atoms with Crippen molar-refractivity contribution in [2.75, 3.05) is 25.9 Å². The SMILES string of the molecule is CC[C@@H](NC(=O)N1CC(=O)NCC(Sc2ccccc2OC)C1=O)c1ccc(C(=O)O)c(N)c1. The molecule has 1 aliphatic rings. The number of ether oxygens (including phenoxy) is 1. The van der Waals surface area contributed by atoms with Crippen molar-refractivity contribution in [3.63, 3.8) is 0 Å². The van der Waals surface area contributed by atoms with Gasteiger partial charge in [-0.3, -0.25) is 14.5 Å². The number of nitrogens with two attached hydrogens (primary N) is 1. The van der Waals surface area contributed by atoms with Gasteiger partial charge in [0.05, 0.1) is 23.6 Å². The monoisotopic (exact) mass is 486 g/mol. The standard InChI is InChI=1S/C23H26N4O6S/c1-3-16(13-8-9-14(22(30)31)15(24)10-13)26-23(32)27-12-20(28)25-11-19(21(27)29)34-18-7-5-4-6-17(18)33-2/h4-10,16,19H,3,11-12,24H2,1-2H3,(H,25,28)(H,26,32)(H,30,31)/t16-,19?/m1/s1. The summed E-state index contributed by atoms with van der Waals surface area (Å²) in [4.78, 5) is 51.4. The fourth-order valence-electron chi connectivity index (χ4n) is 3.52. The lowest BCUT2D eigenvalue weighted by Gasteiger charge is -2.25. The third-order valence-corrected chi connectivity index (χ3v) is 6.57. The molecular formula is C23H26N4O6S. The van der Waals surface area contributed by atoms with Crippen LogP contribution in [0.1, 0.15) is 35.3 Å². The first kappa shape index (κ1) is 24.9. The number of carboxylic acid groups (broad SMARTS) is 1. The lowest BCUT2D eigenvalue weighted by atomic mass is 10.0. The van der Waals surface area contributed by atoms with Crippen LogP contribution in [0.3, 0.4) is 0 Å². The Balaban J connectivity index is 1.79. The molecule has 3 rings (SSSR count). The molecule has 10 nitrogen and oxygen atoms in total. The average Bonchev–Trinajstić information content (AvgIpc) is 2.96. The number of anilines is 1. The molecule has 0 spiro atoms. The molecule has 1 aliphatic heterocycles. The zero-order chi connectivity index (χ0) is 24.8. The first-order valence-electron chi connectivity index (χ1n) is 10.6. The summed E-state index contributed by atoms with van der Waals surface area (Å²) in [5, 5.41) is 13.9. The minimum Gasteiger partial charge on any atom is -0.496 e. The van der Waals surface area contributed by atoms with Crippen molar-refractivity contribution in [3.8, 4) is 5.75 Å². The Morgan fingerprint density at radius 3 is 2.68 bits per heavy atom. The number of nitrogens with one attached hydrogen (secondary N) is 2. The number of urea groups is 1. The molecule has 0 radical (unpaired) electrons. The van der Waals surface area contributed by atoms with Crippen LogP contribution in [0.15, 0.2) is 47.4 Å². The molecule has 1 heterocycles. The van der Waals surface area contributed by atoms with E-state index in [0.29, 0.717) is 22.6 Å². The topological polar surface area (TPSA) is 151 Å². The van der Waals surface area contributed by atoms with Crippen LogP contribution in [0.25, 0.3) is 0 Å².